The number of cyclic esters (lactones) is 1. The minimum absolute atomic E-state index is 0.400. The Labute approximate surface area is 180 Å². The molecule has 0 saturated carbocycles. The standard InChI is InChI=1S/C25H19ClO4/c1-28-24-14-18(7-12-22(24)29-16-17-5-3-2-4-6-17)13-20-15-23(30-25(20)27)19-8-10-21(26)11-9-19/h2-15H,16H2,1H3/b20-13+. The number of rotatable bonds is 6. The summed E-state index contributed by atoms with van der Waals surface area (Å²) in [6, 6.07) is 22.6. The van der Waals surface area contributed by atoms with Crippen LogP contribution >= 0.6 is 11.6 Å². The minimum Gasteiger partial charge on any atom is -0.493 e. The van der Waals surface area contributed by atoms with Crippen molar-refractivity contribution in [3.63, 3.8) is 0 Å². The van der Waals surface area contributed by atoms with Gasteiger partial charge in [0.15, 0.2) is 11.5 Å². The van der Waals surface area contributed by atoms with Gasteiger partial charge in [0.25, 0.3) is 0 Å². The summed E-state index contributed by atoms with van der Waals surface area (Å²) in [5.41, 5.74) is 3.12. The smallest absolute Gasteiger partial charge is 0.343 e. The van der Waals surface area contributed by atoms with Gasteiger partial charge >= 0.3 is 5.97 Å². The summed E-state index contributed by atoms with van der Waals surface area (Å²) in [5.74, 6) is 1.32. The highest BCUT2D eigenvalue weighted by Gasteiger charge is 2.22. The number of hydrogen-bond acceptors (Lipinski definition) is 4. The van der Waals surface area contributed by atoms with Gasteiger partial charge in [-0.3, -0.25) is 0 Å². The first kappa shape index (κ1) is 19.8. The van der Waals surface area contributed by atoms with Gasteiger partial charge in [-0.2, -0.15) is 0 Å². The Bertz CT molecular complexity index is 1120. The number of benzene rings is 3. The SMILES string of the molecule is COc1cc(/C=C2\C=C(c3ccc(Cl)cc3)OC2=O)ccc1OCc1ccccc1. The zero-order valence-electron chi connectivity index (χ0n) is 16.3. The first-order valence-corrected chi connectivity index (χ1v) is 9.76. The zero-order valence-corrected chi connectivity index (χ0v) is 17.1. The molecule has 5 heteroatoms. The molecule has 4 rings (SSSR count). The van der Waals surface area contributed by atoms with Crippen LogP contribution in [0.2, 0.25) is 5.02 Å². The topological polar surface area (TPSA) is 44.8 Å². The van der Waals surface area contributed by atoms with Crippen LogP contribution in [0.4, 0.5) is 0 Å². The van der Waals surface area contributed by atoms with E-state index in [9.17, 15) is 4.79 Å². The van der Waals surface area contributed by atoms with Crippen molar-refractivity contribution in [2.45, 2.75) is 6.61 Å². The van der Waals surface area contributed by atoms with E-state index in [1.54, 1.807) is 31.4 Å². The monoisotopic (exact) mass is 418 g/mol. The highest BCUT2D eigenvalue weighted by atomic mass is 35.5. The van der Waals surface area contributed by atoms with E-state index in [1.807, 2.05) is 60.7 Å². The number of carbonyl (C=O) groups excluding carboxylic acids is 1. The van der Waals surface area contributed by atoms with Gasteiger partial charge in [0.05, 0.1) is 12.7 Å². The van der Waals surface area contributed by atoms with Crippen molar-refractivity contribution in [2.24, 2.45) is 0 Å². The second-order valence-corrected chi connectivity index (χ2v) is 7.13. The molecule has 0 amide bonds. The van der Waals surface area contributed by atoms with Crippen LogP contribution in [-0.4, -0.2) is 13.1 Å². The molecule has 0 bridgehead atoms. The number of methoxy groups -OCH3 is 1. The third-order valence-corrected chi connectivity index (χ3v) is 4.85. The van der Waals surface area contributed by atoms with Crippen LogP contribution in [0.5, 0.6) is 11.5 Å². The van der Waals surface area contributed by atoms with Gasteiger partial charge in [0.2, 0.25) is 0 Å². The van der Waals surface area contributed by atoms with E-state index in [-0.39, 0.29) is 0 Å². The second kappa shape index (κ2) is 8.89. The van der Waals surface area contributed by atoms with Crippen LogP contribution in [0.25, 0.3) is 11.8 Å². The number of halogens is 1. The molecule has 1 aliphatic heterocycles. The van der Waals surface area contributed by atoms with Crippen molar-refractivity contribution >= 4 is 29.4 Å². The third-order valence-electron chi connectivity index (χ3n) is 4.60. The molecule has 0 saturated heterocycles. The molecule has 0 unspecified atom stereocenters. The normalized spacial score (nSPS) is 14.4. The van der Waals surface area contributed by atoms with Gasteiger partial charge in [0.1, 0.15) is 12.4 Å². The lowest BCUT2D eigenvalue weighted by Crippen LogP contribution is -1.99. The average molecular weight is 419 g/mol. The highest BCUT2D eigenvalue weighted by molar-refractivity contribution is 6.30. The van der Waals surface area contributed by atoms with E-state index in [4.69, 9.17) is 25.8 Å². The molecular weight excluding hydrogens is 400 g/mol. The quantitative estimate of drug-likeness (QED) is 0.369. The van der Waals surface area contributed by atoms with Crippen LogP contribution < -0.4 is 9.47 Å². The van der Waals surface area contributed by atoms with Crippen LogP contribution in [-0.2, 0) is 16.1 Å². The van der Waals surface area contributed by atoms with Gasteiger partial charge in [-0.1, -0.05) is 48.0 Å². The molecule has 3 aromatic carbocycles. The molecule has 0 atom stereocenters. The zero-order chi connectivity index (χ0) is 20.9. The van der Waals surface area contributed by atoms with Crippen molar-refractivity contribution in [1.29, 1.82) is 0 Å². The van der Waals surface area contributed by atoms with Crippen molar-refractivity contribution in [3.05, 3.63) is 106 Å². The fraction of sp³-hybridized carbons (Fsp3) is 0.0800. The molecule has 3 aromatic rings. The molecule has 0 fully saturated rings. The molecule has 0 spiro atoms. The van der Waals surface area contributed by atoms with Crippen molar-refractivity contribution in [3.8, 4) is 11.5 Å². The summed E-state index contributed by atoms with van der Waals surface area (Å²) in [4.78, 5) is 12.3. The van der Waals surface area contributed by atoms with Gasteiger partial charge < -0.3 is 14.2 Å². The van der Waals surface area contributed by atoms with Crippen LogP contribution in [0.3, 0.4) is 0 Å². The number of carbonyl (C=O) groups is 1. The average Bonchev–Trinajstić information content (AvgIpc) is 3.14. The molecular formula is C25H19ClO4. The summed E-state index contributed by atoms with van der Waals surface area (Å²) in [5, 5.41) is 0.626. The Kier molecular flexibility index (Phi) is 5.87. The lowest BCUT2D eigenvalue weighted by atomic mass is 10.1. The summed E-state index contributed by atoms with van der Waals surface area (Å²) in [6.45, 7) is 0.442. The van der Waals surface area contributed by atoms with E-state index >= 15 is 0 Å². The second-order valence-electron chi connectivity index (χ2n) is 6.69. The Morgan fingerprint density at radius 3 is 2.47 bits per heavy atom. The Morgan fingerprint density at radius 2 is 1.73 bits per heavy atom. The Balaban J connectivity index is 1.54. The van der Waals surface area contributed by atoms with Gasteiger partial charge in [-0.05, 0) is 59.7 Å². The fourth-order valence-corrected chi connectivity index (χ4v) is 3.18. The van der Waals surface area contributed by atoms with E-state index in [0.29, 0.717) is 34.5 Å². The van der Waals surface area contributed by atoms with E-state index in [2.05, 4.69) is 0 Å². The molecule has 0 aromatic heterocycles. The maximum atomic E-state index is 12.3. The lowest BCUT2D eigenvalue weighted by Gasteiger charge is -2.11. The largest absolute Gasteiger partial charge is 0.493 e. The summed E-state index contributed by atoms with van der Waals surface area (Å²) in [7, 11) is 1.59. The van der Waals surface area contributed by atoms with Gasteiger partial charge in [0, 0.05) is 10.6 Å². The van der Waals surface area contributed by atoms with Crippen LogP contribution in [0.15, 0.2) is 84.4 Å². The minimum atomic E-state index is -0.400. The Hall–Kier alpha value is -3.50. The first-order valence-electron chi connectivity index (χ1n) is 9.38. The molecule has 0 radical (unpaired) electrons. The predicted molar refractivity (Wildman–Crippen MR) is 117 cm³/mol. The lowest BCUT2D eigenvalue weighted by molar-refractivity contribution is -0.130. The van der Waals surface area contributed by atoms with Crippen LogP contribution in [0.1, 0.15) is 16.7 Å². The first-order chi connectivity index (χ1) is 14.6. The van der Waals surface area contributed by atoms with Gasteiger partial charge in [-0.15, -0.1) is 0 Å². The van der Waals surface area contributed by atoms with E-state index in [1.165, 1.54) is 0 Å². The molecule has 30 heavy (non-hydrogen) atoms. The summed E-state index contributed by atoms with van der Waals surface area (Å²) in [6.07, 6.45) is 3.48. The molecule has 0 aliphatic carbocycles. The summed E-state index contributed by atoms with van der Waals surface area (Å²) >= 11 is 5.92. The Morgan fingerprint density at radius 1 is 0.967 bits per heavy atom. The maximum Gasteiger partial charge on any atom is 0.343 e. The number of hydrogen-bond donors (Lipinski definition) is 0. The van der Waals surface area contributed by atoms with E-state index < -0.39 is 5.97 Å². The van der Waals surface area contributed by atoms with Crippen LogP contribution in [0, 0.1) is 0 Å². The van der Waals surface area contributed by atoms with Crippen molar-refractivity contribution in [1.82, 2.24) is 0 Å². The molecule has 1 heterocycles. The predicted octanol–water partition coefficient (Wildman–Crippen LogP) is 5.91. The van der Waals surface area contributed by atoms with E-state index in [0.717, 1.165) is 16.7 Å². The highest BCUT2D eigenvalue weighted by Crippen LogP contribution is 2.32. The maximum absolute atomic E-state index is 12.3. The molecule has 150 valence electrons. The third kappa shape index (κ3) is 4.56. The van der Waals surface area contributed by atoms with Crippen molar-refractivity contribution < 1.29 is 19.0 Å². The molecule has 4 nitrogen and oxygen atoms in total. The number of ether oxygens (including phenoxy) is 3. The molecule has 0 N–H and O–H groups in total. The molecule has 1 aliphatic rings. The number of esters is 1. The van der Waals surface area contributed by atoms with Crippen molar-refractivity contribution in [2.75, 3.05) is 7.11 Å². The fourth-order valence-electron chi connectivity index (χ4n) is 3.05. The van der Waals surface area contributed by atoms with Gasteiger partial charge in [-0.25, -0.2) is 4.79 Å². The summed E-state index contributed by atoms with van der Waals surface area (Å²) < 4.78 is 16.7.